The largest absolute Gasteiger partial charge is 0.362 e. The molecule has 2 aliphatic heterocycles. The molecule has 2 fully saturated rings. The van der Waals surface area contributed by atoms with Gasteiger partial charge in [-0.25, -0.2) is 0 Å². The van der Waals surface area contributed by atoms with Crippen LogP contribution in [0.15, 0.2) is 11.6 Å². The summed E-state index contributed by atoms with van der Waals surface area (Å²) in [4.78, 5) is 0. The predicted octanol–water partition coefficient (Wildman–Crippen LogP) is 0.481. The van der Waals surface area contributed by atoms with E-state index in [1.807, 2.05) is 0 Å². The highest BCUT2D eigenvalue weighted by molar-refractivity contribution is 5.29. The van der Waals surface area contributed by atoms with Crippen LogP contribution < -0.4 is 0 Å². The quantitative estimate of drug-likeness (QED) is 0.346. The molecule has 3 rings (SSSR count). The van der Waals surface area contributed by atoms with Gasteiger partial charge in [0.05, 0.1) is 0 Å². The Bertz CT molecular complexity index is 197. The van der Waals surface area contributed by atoms with Gasteiger partial charge in [-0.1, -0.05) is 6.08 Å². The van der Waals surface area contributed by atoms with Crippen LogP contribution in [0.5, 0.6) is 0 Å². The summed E-state index contributed by atoms with van der Waals surface area (Å²) in [7, 11) is 0. The van der Waals surface area contributed by atoms with E-state index in [-0.39, 0.29) is 0 Å². The lowest BCUT2D eigenvalue weighted by atomic mass is 10.0. The van der Waals surface area contributed by atoms with E-state index in [1.165, 1.54) is 5.57 Å². The second-order valence-electron chi connectivity index (χ2n) is 3.00. The summed E-state index contributed by atoms with van der Waals surface area (Å²) in [6.45, 7) is 2.11. The molecule has 0 aromatic carbocycles. The van der Waals surface area contributed by atoms with Gasteiger partial charge < -0.3 is 9.47 Å². The summed E-state index contributed by atoms with van der Waals surface area (Å²) in [6.07, 6.45) is 3.87. The minimum absolute atomic E-state index is 0.411. The Morgan fingerprint density at radius 2 is 2.22 bits per heavy atom. The molecule has 0 aromatic rings. The molecule has 0 amide bonds. The Morgan fingerprint density at radius 3 is 3.11 bits per heavy atom. The van der Waals surface area contributed by atoms with Crippen LogP contribution in [0.3, 0.4) is 0 Å². The monoisotopic (exact) mass is 124 g/mol. The molecule has 0 N–H and O–H groups in total. The average molecular weight is 124 g/mol. The van der Waals surface area contributed by atoms with Gasteiger partial charge in [-0.05, 0) is 12.5 Å². The molecule has 0 saturated carbocycles. The number of ether oxygens (including phenoxy) is 2. The minimum atomic E-state index is 0.411. The zero-order valence-corrected chi connectivity index (χ0v) is 5.20. The first-order valence-electron chi connectivity index (χ1n) is 3.35. The zero-order chi connectivity index (χ0) is 6.01. The van der Waals surface area contributed by atoms with Crippen molar-refractivity contribution in [2.45, 2.75) is 31.3 Å². The first-order chi connectivity index (χ1) is 4.36. The van der Waals surface area contributed by atoms with Gasteiger partial charge in [0, 0.05) is 0 Å². The molecule has 9 heavy (non-hydrogen) atoms. The normalized spacial score (nSPS) is 59.4. The summed E-state index contributed by atoms with van der Waals surface area (Å²) in [5.74, 6) is 0. The number of rotatable bonds is 0. The van der Waals surface area contributed by atoms with Gasteiger partial charge in [0.2, 0.25) is 0 Å². The molecule has 2 heteroatoms. The van der Waals surface area contributed by atoms with Gasteiger partial charge >= 0.3 is 0 Å². The molecule has 0 spiro atoms. The van der Waals surface area contributed by atoms with E-state index in [0.717, 1.165) is 0 Å². The molecule has 2 nitrogen and oxygen atoms in total. The third-order valence-electron chi connectivity index (χ3n) is 2.29. The van der Waals surface area contributed by atoms with Crippen LogP contribution in [-0.2, 0) is 9.47 Å². The van der Waals surface area contributed by atoms with Crippen molar-refractivity contribution < 1.29 is 9.47 Å². The summed E-state index contributed by atoms with van der Waals surface area (Å²) >= 11 is 0. The van der Waals surface area contributed by atoms with Gasteiger partial charge in [-0.15, -0.1) is 0 Å². The van der Waals surface area contributed by atoms with E-state index in [0.29, 0.717) is 24.4 Å². The topological polar surface area (TPSA) is 25.1 Å². The first-order valence-corrected chi connectivity index (χ1v) is 3.35. The van der Waals surface area contributed by atoms with Gasteiger partial charge in [-0.3, -0.25) is 0 Å². The van der Waals surface area contributed by atoms with Crippen molar-refractivity contribution in [2.75, 3.05) is 0 Å². The second kappa shape index (κ2) is 1.09. The Balaban J connectivity index is 2.03. The lowest BCUT2D eigenvalue weighted by Crippen LogP contribution is -2.10. The highest BCUT2D eigenvalue weighted by atomic mass is 16.7. The van der Waals surface area contributed by atoms with Crippen LogP contribution in [0.25, 0.3) is 0 Å². The van der Waals surface area contributed by atoms with Crippen molar-refractivity contribution in [2.24, 2.45) is 0 Å². The molecule has 4 atom stereocenters. The van der Waals surface area contributed by atoms with Gasteiger partial charge in [0.1, 0.15) is 24.4 Å². The average Bonchev–Trinajstić information content (AvgIpc) is 2.54. The molecule has 1 aliphatic carbocycles. The maximum absolute atomic E-state index is 5.35. The predicted molar refractivity (Wildman–Crippen MR) is 31.1 cm³/mol. The lowest BCUT2D eigenvalue weighted by molar-refractivity contribution is 0.312. The molecule has 2 heterocycles. The third kappa shape index (κ3) is 0.438. The zero-order valence-electron chi connectivity index (χ0n) is 5.20. The molecule has 0 bridgehead atoms. The molecule has 0 radical (unpaired) electrons. The van der Waals surface area contributed by atoms with Crippen molar-refractivity contribution >= 4 is 0 Å². The fraction of sp³-hybridized carbons (Fsp3) is 0.714. The minimum Gasteiger partial charge on any atom is -0.362 e. The van der Waals surface area contributed by atoms with Crippen molar-refractivity contribution in [3.05, 3.63) is 11.6 Å². The fourth-order valence-corrected chi connectivity index (χ4v) is 1.63. The second-order valence-corrected chi connectivity index (χ2v) is 3.00. The molecule has 2 saturated heterocycles. The Kier molecular flexibility index (Phi) is 0.541. The number of epoxide rings is 2. The Hall–Kier alpha value is -0.340. The molecule has 48 valence electrons. The van der Waals surface area contributed by atoms with Crippen LogP contribution in [0.4, 0.5) is 0 Å². The van der Waals surface area contributed by atoms with E-state index in [1.54, 1.807) is 0 Å². The highest BCUT2D eigenvalue weighted by Gasteiger charge is 2.60. The summed E-state index contributed by atoms with van der Waals surface area (Å²) in [5, 5.41) is 0. The van der Waals surface area contributed by atoms with E-state index < -0.39 is 0 Å². The summed E-state index contributed by atoms with van der Waals surface area (Å²) in [6, 6.07) is 0. The summed E-state index contributed by atoms with van der Waals surface area (Å²) < 4.78 is 10.7. The standard InChI is InChI=1S/C7H8O2/c1-3-2-4-6(8-4)7-5(3)9-7/h2,4-7H,1H3/t4-,5+,6-,7+/m0/s1. The van der Waals surface area contributed by atoms with Crippen LogP contribution in [0, 0.1) is 0 Å². The van der Waals surface area contributed by atoms with Crippen LogP contribution in [0.2, 0.25) is 0 Å². The van der Waals surface area contributed by atoms with Crippen molar-refractivity contribution in [3.63, 3.8) is 0 Å². The molecular weight excluding hydrogens is 116 g/mol. The highest BCUT2D eigenvalue weighted by Crippen LogP contribution is 2.46. The maximum atomic E-state index is 5.35. The third-order valence-corrected chi connectivity index (χ3v) is 2.29. The van der Waals surface area contributed by atoms with E-state index >= 15 is 0 Å². The van der Waals surface area contributed by atoms with Gasteiger partial charge in [-0.2, -0.15) is 0 Å². The van der Waals surface area contributed by atoms with E-state index in [4.69, 9.17) is 9.47 Å². The smallest absolute Gasteiger partial charge is 0.117 e. The van der Waals surface area contributed by atoms with Crippen LogP contribution in [-0.4, -0.2) is 24.4 Å². The van der Waals surface area contributed by atoms with Gasteiger partial charge in [0.25, 0.3) is 0 Å². The molecule has 0 aromatic heterocycles. The van der Waals surface area contributed by atoms with Crippen molar-refractivity contribution in [3.8, 4) is 0 Å². The molecular formula is C7H8O2. The van der Waals surface area contributed by atoms with Crippen LogP contribution in [0.1, 0.15) is 6.92 Å². The number of fused-ring (bicyclic) bond motifs is 3. The Morgan fingerprint density at radius 1 is 1.33 bits per heavy atom. The first kappa shape index (κ1) is 4.47. The van der Waals surface area contributed by atoms with E-state index in [2.05, 4.69) is 13.0 Å². The SMILES string of the molecule is CC1=C[C@@H]2O[C@@H]2[C@@H]2O[C@H]12. The van der Waals surface area contributed by atoms with Gasteiger partial charge in [0.15, 0.2) is 0 Å². The van der Waals surface area contributed by atoms with E-state index in [9.17, 15) is 0 Å². The number of hydrogen-bond acceptors (Lipinski definition) is 2. The Labute approximate surface area is 53.4 Å². The fourth-order valence-electron chi connectivity index (χ4n) is 1.63. The van der Waals surface area contributed by atoms with Crippen LogP contribution >= 0.6 is 0 Å². The summed E-state index contributed by atoms with van der Waals surface area (Å²) in [5.41, 5.74) is 1.36. The maximum Gasteiger partial charge on any atom is 0.117 e. The van der Waals surface area contributed by atoms with Crippen molar-refractivity contribution in [1.82, 2.24) is 0 Å². The number of hydrogen-bond donors (Lipinski definition) is 0. The molecule has 3 aliphatic rings. The lowest BCUT2D eigenvalue weighted by Gasteiger charge is -1.95. The molecule has 0 unspecified atom stereocenters. The van der Waals surface area contributed by atoms with Crippen molar-refractivity contribution in [1.29, 1.82) is 0 Å².